The molecule has 0 aromatic carbocycles. The highest BCUT2D eigenvalue weighted by Crippen LogP contribution is 1.95. The van der Waals surface area contributed by atoms with Gasteiger partial charge in [0.2, 0.25) is 0 Å². The maximum atomic E-state index is 10.2. The minimum atomic E-state index is -0.183. The quantitative estimate of drug-likeness (QED) is 0.474. The zero-order valence-electron chi connectivity index (χ0n) is 6.32. The van der Waals surface area contributed by atoms with Gasteiger partial charge in [-0.3, -0.25) is 4.79 Å². The standard InChI is InChI=1S/C9H7NO2/c11-5-1-2-9-4-3-8(7-12)6-10-9/h3-4,6-7,11H,5H2. The summed E-state index contributed by atoms with van der Waals surface area (Å²) in [7, 11) is 0. The van der Waals surface area contributed by atoms with Crippen molar-refractivity contribution < 1.29 is 9.90 Å². The molecule has 60 valence electrons. The van der Waals surface area contributed by atoms with Crippen molar-refractivity contribution in [1.82, 2.24) is 4.98 Å². The summed E-state index contributed by atoms with van der Waals surface area (Å²) in [5, 5.41) is 8.37. The summed E-state index contributed by atoms with van der Waals surface area (Å²) >= 11 is 0. The molecule has 3 nitrogen and oxygen atoms in total. The third-order valence-electron chi connectivity index (χ3n) is 1.22. The molecule has 3 heteroatoms. The Bertz CT molecular complexity index is 319. The topological polar surface area (TPSA) is 50.2 Å². The van der Waals surface area contributed by atoms with E-state index in [2.05, 4.69) is 16.8 Å². The highest BCUT2D eigenvalue weighted by Gasteiger charge is 1.89. The van der Waals surface area contributed by atoms with Crippen LogP contribution < -0.4 is 0 Å². The predicted octanol–water partition coefficient (Wildman–Crippen LogP) is 0.238. The Morgan fingerprint density at radius 3 is 2.92 bits per heavy atom. The summed E-state index contributed by atoms with van der Waals surface area (Å²) in [5.74, 6) is 5.08. The molecule has 0 aliphatic heterocycles. The first-order valence-corrected chi connectivity index (χ1v) is 3.38. The second-order valence-electron chi connectivity index (χ2n) is 2.05. The van der Waals surface area contributed by atoms with Crippen molar-refractivity contribution in [3.63, 3.8) is 0 Å². The molecule has 1 heterocycles. The monoisotopic (exact) mass is 161 g/mol. The summed E-state index contributed by atoms with van der Waals surface area (Å²) in [6.45, 7) is -0.183. The molecule has 1 N–H and O–H groups in total. The van der Waals surface area contributed by atoms with Gasteiger partial charge in [0.15, 0.2) is 6.29 Å². The average molecular weight is 161 g/mol. The van der Waals surface area contributed by atoms with Gasteiger partial charge in [0.1, 0.15) is 12.3 Å². The summed E-state index contributed by atoms with van der Waals surface area (Å²) in [5.41, 5.74) is 1.07. The molecule has 0 atom stereocenters. The average Bonchev–Trinajstić information content (AvgIpc) is 2.15. The van der Waals surface area contributed by atoms with Crippen LogP contribution in [0.2, 0.25) is 0 Å². The number of aromatic nitrogens is 1. The van der Waals surface area contributed by atoms with Gasteiger partial charge < -0.3 is 5.11 Å². The fraction of sp³-hybridized carbons (Fsp3) is 0.111. The first-order valence-electron chi connectivity index (χ1n) is 3.38. The Hall–Kier alpha value is -1.66. The Kier molecular flexibility index (Phi) is 3.00. The van der Waals surface area contributed by atoms with Crippen molar-refractivity contribution in [2.75, 3.05) is 6.61 Å². The van der Waals surface area contributed by atoms with Crippen LogP contribution in [0.15, 0.2) is 18.3 Å². The van der Waals surface area contributed by atoms with E-state index >= 15 is 0 Å². The van der Waals surface area contributed by atoms with Crippen molar-refractivity contribution in [3.8, 4) is 11.8 Å². The summed E-state index contributed by atoms with van der Waals surface area (Å²) in [6, 6.07) is 3.26. The Balaban J connectivity index is 2.84. The molecule has 0 unspecified atom stereocenters. The molecule has 0 spiro atoms. The second kappa shape index (κ2) is 4.27. The lowest BCUT2D eigenvalue weighted by Gasteiger charge is -1.89. The van der Waals surface area contributed by atoms with Crippen molar-refractivity contribution in [2.45, 2.75) is 0 Å². The first-order chi connectivity index (χ1) is 5.86. The van der Waals surface area contributed by atoms with Crippen molar-refractivity contribution in [1.29, 1.82) is 0 Å². The van der Waals surface area contributed by atoms with E-state index in [1.54, 1.807) is 12.1 Å². The third-order valence-corrected chi connectivity index (χ3v) is 1.22. The summed E-state index contributed by atoms with van der Waals surface area (Å²) < 4.78 is 0. The maximum absolute atomic E-state index is 10.2. The zero-order valence-corrected chi connectivity index (χ0v) is 6.32. The number of rotatable bonds is 1. The number of hydrogen-bond acceptors (Lipinski definition) is 3. The van der Waals surface area contributed by atoms with E-state index in [1.807, 2.05) is 0 Å². The molecule has 12 heavy (non-hydrogen) atoms. The molecule has 0 aliphatic carbocycles. The number of aliphatic hydroxyl groups excluding tert-OH is 1. The van der Waals surface area contributed by atoms with Crippen molar-refractivity contribution >= 4 is 6.29 Å². The molecule has 0 amide bonds. The zero-order chi connectivity index (χ0) is 8.81. The Morgan fingerprint density at radius 2 is 2.42 bits per heavy atom. The maximum Gasteiger partial charge on any atom is 0.151 e. The van der Waals surface area contributed by atoms with Gasteiger partial charge in [0, 0.05) is 11.8 Å². The van der Waals surface area contributed by atoms with E-state index in [0.717, 1.165) is 6.29 Å². The van der Waals surface area contributed by atoms with Crippen LogP contribution in [0.3, 0.4) is 0 Å². The number of pyridine rings is 1. The second-order valence-corrected chi connectivity index (χ2v) is 2.05. The molecule has 1 rings (SSSR count). The van der Waals surface area contributed by atoms with Gasteiger partial charge in [0.05, 0.1) is 0 Å². The van der Waals surface area contributed by atoms with E-state index < -0.39 is 0 Å². The van der Waals surface area contributed by atoms with Gasteiger partial charge >= 0.3 is 0 Å². The van der Waals surface area contributed by atoms with E-state index in [0.29, 0.717) is 11.3 Å². The normalized spacial score (nSPS) is 8.42. The highest BCUT2D eigenvalue weighted by molar-refractivity contribution is 5.74. The molecule has 1 aromatic rings. The van der Waals surface area contributed by atoms with E-state index in [4.69, 9.17) is 5.11 Å². The van der Waals surface area contributed by atoms with Crippen LogP contribution in [-0.2, 0) is 0 Å². The minimum absolute atomic E-state index is 0.183. The van der Waals surface area contributed by atoms with E-state index in [-0.39, 0.29) is 6.61 Å². The smallest absolute Gasteiger partial charge is 0.151 e. The lowest BCUT2D eigenvalue weighted by atomic mass is 10.3. The summed E-state index contributed by atoms with van der Waals surface area (Å²) in [4.78, 5) is 14.1. The van der Waals surface area contributed by atoms with Crippen LogP contribution >= 0.6 is 0 Å². The van der Waals surface area contributed by atoms with Crippen LogP contribution in [0.25, 0.3) is 0 Å². The first kappa shape index (κ1) is 8.44. The van der Waals surface area contributed by atoms with Gasteiger partial charge in [0.25, 0.3) is 0 Å². The molecular formula is C9H7NO2. The lowest BCUT2D eigenvalue weighted by Crippen LogP contribution is -1.85. The molecule has 0 bridgehead atoms. The van der Waals surface area contributed by atoms with Gasteiger partial charge in [-0.1, -0.05) is 5.92 Å². The number of aldehydes is 1. The molecular weight excluding hydrogens is 154 g/mol. The van der Waals surface area contributed by atoms with Gasteiger partial charge in [-0.15, -0.1) is 0 Å². The van der Waals surface area contributed by atoms with Gasteiger partial charge in [-0.25, -0.2) is 4.98 Å². The number of aliphatic hydroxyl groups is 1. The molecule has 0 aliphatic rings. The van der Waals surface area contributed by atoms with Crippen molar-refractivity contribution in [2.24, 2.45) is 0 Å². The number of carbonyl (C=O) groups is 1. The van der Waals surface area contributed by atoms with Crippen LogP contribution in [0.5, 0.6) is 0 Å². The van der Waals surface area contributed by atoms with Gasteiger partial charge in [-0.2, -0.15) is 0 Å². The largest absolute Gasteiger partial charge is 0.384 e. The Labute approximate surface area is 70.1 Å². The number of carbonyl (C=O) groups excluding carboxylic acids is 1. The van der Waals surface area contributed by atoms with Crippen LogP contribution in [-0.4, -0.2) is 23.0 Å². The van der Waals surface area contributed by atoms with E-state index in [9.17, 15) is 4.79 Å². The molecule has 1 aromatic heterocycles. The third kappa shape index (κ3) is 2.19. The van der Waals surface area contributed by atoms with Crippen LogP contribution in [0, 0.1) is 11.8 Å². The Morgan fingerprint density at radius 1 is 1.58 bits per heavy atom. The summed E-state index contributed by atoms with van der Waals surface area (Å²) in [6.07, 6.45) is 2.16. The van der Waals surface area contributed by atoms with Crippen LogP contribution in [0.4, 0.5) is 0 Å². The molecule has 0 saturated heterocycles. The van der Waals surface area contributed by atoms with E-state index in [1.165, 1.54) is 6.20 Å². The van der Waals surface area contributed by atoms with Crippen LogP contribution in [0.1, 0.15) is 16.1 Å². The van der Waals surface area contributed by atoms with Crippen molar-refractivity contribution in [3.05, 3.63) is 29.6 Å². The minimum Gasteiger partial charge on any atom is -0.384 e. The molecule has 0 fully saturated rings. The number of nitrogens with zero attached hydrogens (tertiary/aromatic N) is 1. The highest BCUT2D eigenvalue weighted by atomic mass is 16.2. The number of hydrogen-bond donors (Lipinski definition) is 1. The molecule has 0 radical (unpaired) electrons. The lowest BCUT2D eigenvalue weighted by molar-refractivity contribution is 0.112. The fourth-order valence-corrected chi connectivity index (χ4v) is 0.679. The fourth-order valence-electron chi connectivity index (χ4n) is 0.679. The predicted molar refractivity (Wildman–Crippen MR) is 43.6 cm³/mol. The molecule has 0 saturated carbocycles. The SMILES string of the molecule is O=Cc1ccc(C#CCO)nc1. The van der Waals surface area contributed by atoms with Gasteiger partial charge in [-0.05, 0) is 18.1 Å².